The van der Waals surface area contributed by atoms with Crippen LogP contribution in [-0.4, -0.2) is 42.7 Å². The Bertz CT molecular complexity index is 541. The zero-order chi connectivity index (χ0) is 16.2. The minimum Gasteiger partial charge on any atom is -0.484 e. The van der Waals surface area contributed by atoms with Crippen LogP contribution in [0.1, 0.15) is 51.0 Å². The second-order valence-electron chi connectivity index (χ2n) is 6.86. The van der Waals surface area contributed by atoms with Gasteiger partial charge in [0.2, 0.25) is 0 Å². The topological polar surface area (TPSA) is 38.8 Å². The first-order valence-corrected chi connectivity index (χ1v) is 8.79. The Balaban J connectivity index is 1.59. The van der Waals surface area contributed by atoms with Gasteiger partial charge < -0.3 is 14.4 Å². The molecule has 1 heterocycles. The molecule has 1 saturated carbocycles. The first-order chi connectivity index (χ1) is 11.1. The van der Waals surface area contributed by atoms with Gasteiger partial charge in [0.25, 0.3) is 5.91 Å². The summed E-state index contributed by atoms with van der Waals surface area (Å²) in [4.78, 5) is 14.6. The second kappa shape index (κ2) is 7.35. The Kier molecular flexibility index (Phi) is 5.21. The summed E-state index contributed by atoms with van der Waals surface area (Å²) in [6.45, 7) is 5.76. The van der Waals surface area contributed by atoms with Crippen molar-refractivity contribution in [3.63, 3.8) is 0 Å². The molecule has 4 heteroatoms. The van der Waals surface area contributed by atoms with Gasteiger partial charge in [-0.3, -0.25) is 4.79 Å². The van der Waals surface area contributed by atoms with Gasteiger partial charge in [-0.1, -0.05) is 38.8 Å². The van der Waals surface area contributed by atoms with Gasteiger partial charge >= 0.3 is 0 Å². The number of carbonyl (C=O) groups is 1. The van der Waals surface area contributed by atoms with Gasteiger partial charge in [0, 0.05) is 6.54 Å². The third-order valence-electron chi connectivity index (χ3n) is 4.94. The van der Waals surface area contributed by atoms with Crippen LogP contribution < -0.4 is 4.74 Å². The Hall–Kier alpha value is -1.55. The molecule has 1 aliphatic carbocycles. The van der Waals surface area contributed by atoms with E-state index in [1.54, 1.807) is 0 Å². The van der Waals surface area contributed by atoms with Crippen LogP contribution in [0.2, 0.25) is 0 Å². The molecule has 1 amide bonds. The fraction of sp³-hybridized carbons (Fsp3) is 0.632. The molecule has 3 rings (SSSR count). The molecule has 0 N–H and O–H groups in total. The maximum atomic E-state index is 12.6. The number of fused-ring (bicyclic) bond motifs is 1. The molecule has 0 aromatic heterocycles. The lowest BCUT2D eigenvalue weighted by atomic mass is 9.90. The molecule has 4 nitrogen and oxygen atoms in total. The normalized spacial score (nSPS) is 24.4. The largest absolute Gasteiger partial charge is 0.484 e. The molecule has 23 heavy (non-hydrogen) atoms. The number of nitrogens with zero attached hydrogens (tertiary/aromatic N) is 1. The van der Waals surface area contributed by atoms with Crippen molar-refractivity contribution in [2.45, 2.75) is 57.6 Å². The van der Waals surface area contributed by atoms with E-state index in [1.165, 1.54) is 18.4 Å². The molecule has 126 valence electrons. The standard InChI is InChI=1S/C19H27NO3/c1-14(2)15-6-5-7-16(12-15)23-13-19(21)20-10-11-22-18-9-4-3-8-17(18)20/h5-7,12,14,17-18H,3-4,8-11,13H2,1-2H3. The number of ether oxygens (including phenoxy) is 2. The van der Waals surface area contributed by atoms with Gasteiger partial charge in [-0.25, -0.2) is 0 Å². The zero-order valence-electron chi connectivity index (χ0n) is 14.2. The van der Waals surface area contributed by atoms with Gasteiger partial charge in [-0.05, 0) is 36.5 Å². The van der Waals surface area contributed by atoms with Crippen molar-refractivity contribution >= 4 is 5.91 Å². The smallest absolute Gasteiger partial charge is 0.260 e. The molecule has 1 aromatic rings. The van der Waals surface area contributed by atoms with Crippen LogP contribution in [0.3, 0.4) is 0 Å². The van der Waals surface area contributed by atoms with Crippen molar-refractivity contribution in [1.82, 2.24) is 4.90 Å². The van der Waals surface area contributed by atoms with Crippen LogP contribution in [0.25, 0.3) is 0 Å². The molecule has 0 bridgehead atoms. The Morgan fingerprint density at radius 2 is 2.17 bits per heavy atom. The number of benzene rings is 1. The van der Waals surface area contributed by atoms with Crippen molar-refractivity contribution in [3.8, 4) is 5.75 Å². The van der Waals surface area contributed by atoms with Crippen LogP contribution in [0.4, 0.5) is 0 Å². The number of hydrogen-bond donors (Lipinski definition) is 0. The molecule has 2 atom stereocenters. The van der Waals surface area contributed by atoms with Crippen LogP contribution >= 0.6 is 0 Å². The van der Waals surface area contributed by atoms with E-state index in [0.717, 1.165) is 18.6 Å². The average Bonchev–Trinajstić information content (AvgIpc) is 2.59. The lowest BCUT2D eigenvalue weighted by Crippen LogP contribution is -2.55. The van der Waals surface area contributed by atoms with Gasteiger partial charge in [0.15, 0.2) is 6.61 Å². The highest BCUT2D eigenvalue weighted by molar-refractivity contribution is 5.78. The molecule has 2 fully saturated rings. The molecule has 0 radical (unpaired) electrons. The van der Waals surface area contributed by atoms with E-state index in [4.69, 9.17) is 9.47 Å². The predicted octanol–water partition coefficient (Wildman–Crippen LogP) is 3.36. The molecule has 0 spiro atoms. The summed E-state index contributed by atoms with van der Waals surface area (Å²) < 4.78 is 11.6. The quantitative estimate of drug-likeness (QED) is 0.855. The highest BCUT2D eigenvalue weighted by atomic mass is 16.5. The van der Waals surface area contributed by atoms with Gasteiger partial charge in [-0.15, -0.1) is 0 Å². The number of rotatable bonds is 4. The second-order valence-corrected chi connectivity index (χ2v) is 6.86. The molecule has 2 unspecified atom stereocenters. The van der Waals surface area contributed by atoms with E-state index in [0.29, 0.717) is 19.1 Å². The summed E-state index contributed by atoms with van der Waals surface area (Å²) in [7, 11) is 0. The summed E-state index contributed by atoms with van der Waals surface area (Å²) >= 11 is 0. The minimum atomic E-state index is 0.0835. The molecular formula is C19H27NO3. The van der Waals surface area contributed by atoms with Crippen LogP contribution in [0, 0.1) is 0 Å². The maximum Gasteiger partial charge on any atom is 0.260 e. The van der Waals surface area contributed by atoms with Crippen LogP contribution in [-0.2, 0) is 9.53 Å². The van der Waals surface area contributed by atoms with E-state index in [-0.39, 0.29) is 24.7 Å². The third kappa shape index (κ3) is 3.86. The Labute approximate surface area is 138 Å². The fourth-order valence-corrected chi connectivity index (χ4v) is 3.60. The molecule has 1 aliphatic heterocycles. The molecule has 1 aromatic carbocycles. The predicted molar refractivity (Wildman–Crippen MR) is 89.7 cm³/mol. The summed E-state index contributed by atoms with van der Waals surface area (Å²) in [6, 6.07) is 8.27. The van der Waals surface area contributed by atoms with Crippen molar-refractivity contribution in [2.24, 2.45) is 0 Å². The van der Waals surface area contributed by atoms with E-state index in [1.807, 2.05) is 23.1 Å². The van der Waals surface area contributed by atoms with Crippen LogP contribution in [0.15, 0.2) is 24.3 Å². The van der Waals surface area contributed by atoms with Gasteiger partial charge in [-0.2, -0.15) is 0 Å². The number of amides is 1. The van der Waals surface area contributed by atoms with Crippen molar-refractivity contribution in [2.75, 3.05) is 19.8 Å². The van der Waals surface area contributed by atoms with Gasteiger partial charge in [0.1, 0.15) is 5.75 Å². The monoisotopic (exact) mass is 317 g/mol. The molecule has 1 saturated heterocycles. The third-order valence-corrected chi connectivity index (χ3v) is 4.94. The molecule has 2 aliphatic rings. The van der Waals surface area contributed by atoms with E-state index in [2.05, 4.69) is 19.9 Å². The summed E-state index contributed by atoms with van der Waals surface area (Å²) in [6.07, 6.45) is 4.75. The summed E-state index contributed by atoms with van der Waals surface area (Å²) in [5.41, 5.74) is 1.23. The van der Waals surface area contributed by atoms with E-state index >= 15 is 0 Å². The van der Waals surface area contributed by atoms with E-state index < -0.39 is 0 Å². The van der Waals surface area contributed by atoms with E-state index in [9.17, 15) is 4.79 Å². The Morgan fingerprint density at radius 3 is 3.00 bits per heavy atom. The summed E-state index contributed by atoms with van der Waals surface area (Å²) in [5.74, 6) is 1.31. The van der Waals surface area contributed by atoms with Crippen molar-refractivity contribution < 1.29 is 14.3 Å². The lowest BCUT2D eigenvalue weighted by Gasteiger charge is -2.43. The van der Waals surface area contributed by atoms with Gasteiger partial charge in [0.05, 0.1) is 18.8 Å². The van der Waals surface area contributed by atoms with Crippen molar-refractivity contribution in [1.29, 1.82) is 0 Å². The van der Waals surface area contributed by atoms with Crippen LogP contribution in [0.5, 0.6) is 5.75 Å². The zero-order valence-corrected chi connectivity index (χ0v) is 14.2. The maximum absolute atomic E-state index is 12.6. The Morgan fingerprint density at radius 1 is 1.35 bits per heavy atom. The number of morpholine rings is 1. The van der Waals surface area contributed by atoms with Crippen molar-refractivity contribution in [3.05, 3.63) is 29.8 Å². The minimum absolute atomic E-state index is 0.0835. The SMILES string of the molecule is CC(C)c1cccc(OCC(=O)N2CCOC3CCCCC32)c1. The number of hydrogen-bond acceptors (Lipinski definition) is 3. The highest BCUT2D eigenvalue weighted by Gasteiger charge is 2.36. The highest BCUT2D eigenvalue weighted by Crippen LogP contribution is 2.28. The lowest BCUT2D eigenvalue weighted by molar-refractivity contribution is -0.151. The summed E-state index contributed by atoms with van der Waals surface area (Å²) in [5, 5.41) is 0. The first kappa shape index (κ1) is 16.3. The fourth-order valence-electron chi connectivity index (χ4n) is 3.60. The number of carbonyl (C=O) groups excluding carboxylic acids is 1. The average molecular weight is 317 g/mol. The molecular weight excluding hydrogens is 290 g/mol. The first-order valence-electron chi connectivity index (χ1n) is 8.79.